The molecule has 0 spiro atoms. The van der Waals surface area contributed by atoms with E-state index in [9.17, 15) is 14.7 Å². The van der Waals surface area contributed by atoms with Crippen LogP contribution in [0.1, 0.15) is 49.4 Å². The molecule has 0 aliphatic carbocycles. The molecule has 0 radical (unpaired) electrons. The van der Waals surface area contributed by atoms with Crippen molar-refractivity contribution in [1.29, 1.82) is 0 Å². The van der Waals surface area contributed by atoms with Gasteiger partial charge in [-0.2, -0.15) is 0 Å². The SMILES string of the molecule is CCCCOc1ccc([C@H]2C(=C(O)c3ccc4c(c3)OCCO4)C(=O)C(=O)N2Cc2ccncc2)cc1OCC. The predicted octanol–water partition coefficient (Wildman–Crippen LogP) is 5.05. The number of aromatic nitrogens is 1. The molecule has 3 heterocycles. The fourth-order valence-corrected chi connectivity index (χ4v) is 4.83. The van der Waals surface area contributed by atoms with Crippen LogP contribution in [-0.4, -0.2) is 53.1 Å². The van der Waals surface area contributed by atoms with Crippen LogP contribution >= 0.6 is 0 Å². The van der Waals surface area contributed by atoms with Crippen LogP contribution in [0.15, 0.2) is 66.5 Å². The fourth-order valence-electron chi connectivity index (χ4n) is 4.83. The zero-order valence-electron chi connectivity index (χ0n) is 22.6. The number of likely N-dealkylation sites (tertiary alicyclic amines) is 1. The first-order valence-corrected chi connectivity index (χ1v) is 13.5. The fraction of sp³-hybridized carbons (Fsp3) is 0.323. The summed E-state index contributed by atoms with van der Waals surface area (Å²) in [5.74, 6) is 0.332. The lowest BCUT2D eigenvalue weighted by molar-refractivity contribution is -0.140. The lowest BCUT2D eigenvalue weighted by Crippen LogP contribution is -2.29. The average molecular weight is 545 g/mol. The van der Waals surface area contributed by atoms with Crippen molar-refractivity contribution in [2.75, 3.05) is 26.4 Å². The molecule has 0 bridgehead atoms. The Kier molecular flexibility index (Phi) is 8.19. The second-order valence-corrected chi connectivity index (χ2v) is 9.48. The third-order valence-electron chi connectivity index (χ3n) is 6.80. The van der Waals surface area contributed by atoms with Gasteiger partial charge >= 0.3 is 0 Å². The van der Waals surface area contributed by atoms with Crippen molar-refractivity contribution in [3.05, 3.63) is 83.2 Å². The molecule has 2 aromatic carbocycles. The maximum Gasteiger partial charge on any atom is 0.295 e. The number of fused-ring (bicyclic) bond motifs is 1. The standard InChI is InChI=1S/C31H32N2O7/c1-3-5-14-38-23-8-6-21(17-25(23)37-4-2)28-27(29(34)22-7-9-24-26(18-22)40-16-15-39-24)30(35)31(36)33(28)19-20-10-12-32-13-11-20/h6-13,17-18,28,34H,3-5,14-16,19H2,1-2H3/t28-/m0/s1. The van der Waals surface area contributed by atoms with Crippen molar-refractivity contribution in [2.24, 2.45) is 0 Å². The van der Waals surface area contributed by atoms with E-state index in [0.29, 0.717) is 60.6 Å². The third-order valence-corrected chi connectivity index (χ3v) is 6.80. The molecule has 9 nitrogen and oxygen atoms in total. The van der Waals surface area contributed by atoms with E-state index < -0.39 is 17.7 Å². The summed E-state index contributed by atoms with van der Waals surface area (Å²) in [6, 6.07) is 13.0. The number of unbranched alkanes of at least 4 members (excludes halogenated alkanes) is 1. The Bertz CT molecular complexity index is 1420. The predicted molar refractivity (Wildman–Crippen MR) is 148 cm³/mol. The van der Waals surface area contributed by atoms with E-state index in [4.69, 9.17) is 18.9 Å². The Labute approximate surface area is 233 Å². The van der Waals surface area contributed by atoms with Crippen molar-refractivity contribution in [3.8, 4) is 23.0 Å². The molecule has 1 saturated heterocycles. The minimum atomic E-state index is -0.870. The van der Waals surface area contributed by atoms with Crippen LogP contribution in [0.4, 0.5) is 0 Å². The highest BCUT2D eigenvalue weighted by Gasteiger charge is 2.46. The monoisotopic (exact) mass is 544 g/mol. The van der Waals surface area contributed by atoms with Crippen LogP contribution in [0, 0.1) is 0 Å². The van der Waals surface area contributed by atoms with E-state index in [1.54, 1.807) is 60.9 Å². The van der Waals surface area contributed by atoms with Crippen molar-refractivity contribution in [3.63, 3.8) is 0 Å². The number of ketones is 1. The summed E-state index contributed by atoms with van der Waals surface area (Å²) in [6.07, 6.45) is 5.15. The summed E-state index contributed by atoms with van der Waals surface area (Å²) in [7, 11) is 0. The Morgan fingerprint density at radius 3 is 2.50 bits per heavy atom. The lowest BCUT2D eigenvalue weighted by atomic mass is 9.94. The maximum absolute atomic E-state index is 13.5. The number of hydrogen-bond donors (Lipinski definition) is 1. The second kappa shape index (κ2) is 12.1. The van der Waals surface area contributed by atoms with E-state index in [1.165, 1.54) is 4.90 Å². The number of aliphatic hydroxyl groups is 1. The highest BCUT2D eigenvalue weighted by molar-refractivity contribution is 6.46. The largest absolute Gasteiger partial charge is 0.507 e. The smallest absolute Gasteiger partial charge is 0.295 e. The molecular weight excluding hydrogens is 512 g/mol. The summed E-state index contributed by atoms with van der Waals surface area (Å²) in [5.41, 5.74) is 1.74. The quantitative estimate of drug-likeness (QED) is 0.164. The van der Waals surface area contributed by atoms with Crippen molar-refractivity contribution >= 4 is 17.4 Å². The molecule has 208 valence electrons. The van der Waals surface area contributed by atoms with E-state index >= 15 is 0 Å². The lowest BCUT2D eigenvalue weighted by Gasteiger charge is -2.26. The van der Waals surface area contributed by atoms with Gasteiger partial charge in [-0.1, -0.05) is 19.4 Å². The summed E-state index contributed by atoms with van der Waals surface area (Å²) in [6.45, 7) is 5.86. The van der Waals surface area contributed by atoms with E-state index in [1.807, 2.05) is 6.92 Å². The third kappa shape index (κ3) is 5.45. The first-order valence-electron chi connectivity index (χ1n) is 13.5. The maximum atomic E-state index is 13.5. The van der Waals surface area contributed by atoms with E-state index in [2.05, 4.69) is 11.9 Å². The number of aliphatic hydroxyl groups excluding tert-OH is 1. The Hall–Kier alpha value is -4.53. The molecule has 1 N–H and O–H groups in total. The van der Waals surface area contributed by atoms with Crippen LogP contribution in [0.3, 0.4) is 0 Å². The minimum absolute atomic E-state index is 0.0159. The van der Waals surface area contributed by atoms with Gasteiger partial charge in [-0.15, -0.1) is 0 Å². The number of carbonyl (C=O) groups excluding carboxylic acids is 2. The number of benzene rings is 2. The van der Waals surface area contributed by atoms with Gasteiger partial charge in [0.1, 0.15) is 19.0 Å². The number of ether oxygens (including phenoxy) is 4. The number of nitrogens with zero attached hydrogens (tertiary/aromatic N) is 2. The second-order valence-electron chi connectivity index (χ2n) is 9.48. The molecule has 1 atom stereocenters. The van der Waals surface area contributed by atoms with Gasteiger partial charge in [0.2, 0.25) is 0 Å². The molecule has 0 unspecified atom stereocenters. The molecule has 3 aromatic rings. The van der Waals surface area contributed by atoms with Crippen LogP contribution in [0.25, 0.3) is 5.76 Å². The van der Waals surface area contributed by atoms with Gasteiger partial charge in [0.25, 0.3) is 11.7 Å². The van der Waals surface area contributed by atoms with Gasteiger partial charge in [-0.05, 0) is 66.9 Å². The number of rotatable bonds is 10. The van der Waals surface area contributed by atoms with Crippen LogP contribution < -0.4 is 18.9 Å². The zero-order valence-corrected chi connectivity index (χ0v) is 22.6. The topological polar surface area (TPSA) is 107 Å². The number of carbonyl (C=O) groups is 2. The number of hydrogen-bond acceptors (Lipinski definition) is 8. The molecule has 1 fully saturated rings. The highest BCUT2D eigenvalue weighted by Crippen LogP contribution is 2.43. The molecule has 9 heteroatoms. The van der Waals surface area contributed by atoms with E-state index in [0.717, 1.165) is 18.4 Å². The van der Waals surface area contributed by atoms with Gasteiger partial charge < -0.3 is 29.0 Å². The molecule has 40 heavy (non-hydrogen) atoms. The van der Waals surface area contributed by atoms with Gasteiger partial charge in [-0.25, -0.2) is 0 Å². The first-order chi connectivity index (χ1) is 19.5. The van der Waals surface area contributed by atoms with Gasteiger partial charge in [0.15, 0.2) is 23.0 Å². The molecule has 1 amide bonds. The van der Waals surface area contributed by atoms with Gasteiger partial charge in [0.05, 0.1) is 24.8 Å². The number of Topliss-reactive ketones (excluding diaryl/α,β-unsaturated/α-hetero) is 1. The van der Waals surface area contributed by atoms with Crippen LogP contribution in [0.2, 0.25) is 0 Å². The zero-order chi connectivity index (χ0) is 28.1. The van der Waals surface area contributed by atoms with E-state index in [-0.39, 0.29) is 17.9 Å². The van der Waals surface area contributed by atoms with Crippen molar-refractivity contribution in [1.82, 2.24) is 9.88 Å². The van der Waals surface area contributed by atoms with Crippen LogP contribution in [0.5, 0.6) is 23.0 Å². The Balaban J connectivity index is 1.61. The Morgan fingerprint density at radius 1 is 0.975 bits per heavy atom. The van der Waals surface area contributed by atoms with Gasteiger partial charge in [0, 0.05) is 24.5 Å². The van der Waals surface area contributed by atoms with Gasteiger partial charge in [-0.3, -0.25) is 14.6 Å². The number of pyridine rings is 1. The van der Waals surface area contributed by atoms with Crippen LogP contribution in [-0.2, 0) is 16.1 Å². The Morgan fingerprint density at radius 2 is 1.75 bits per heavy atom. The van der Waals surface area contributed by atoms with Crippen molar-refractivity contribution < 1.29 is 33.6 Å². The minimum Gasteiger partial charge on any atom is -0.507 e. The molecule has 5 rings (SSSR count). The first kappa shape index (κ1) is 27.1. The van der Waals surface area contributed by atoms with Crippen molar-refractivity contribution in [2.45, 2.75) is 39.3 Å². The summed E-state index contributed by atoms with van der Waals surface area (Å²) < 4.78 is 23.1. The normalized spacial score (nSPS) is 17.6. The molecule has 1 aromatic heterocycles. The number of amides is 1. The molecule has 2 aliphatic rings. The molecular formula is C31H32N2O7. The summed E-state index contributed by atoms with van der Waals surface area (Å²) in [4.78, 5) is 32.5. The summed E-state index contributed by atoms with van der Waals surface area (Å²) in [5, 5.41) is 11.5. The average Bonchev–Trinajstić information content (AvgIpc) is 3.23. The summed E-state index contributed by atoms with van der Waals surface area (Å²) >= 11 is 0. The molecule has 0 saturated carbocycles. The molecule has 2 aliphatic heterocycles. The highest BCUT2D eigenvalue weighted by atomic mass is 16.6.